The highest BCUT2D eigenvalue weighted by Gasteiger charge is 2.50. The average Bonchev–Trinajstić information content (AvgIpc) is 2.28. The number of carboxylic acid groups (broad SMARTS) is 1. The molecule has 5 nitrogen and oxygen atoms in total. The summed E-state index contributed by atoms with van der Waals surface area (Å²) in [6.45, 7) is 1.85. The Morgan fingerprint density at radius 1 is 1.62 bits per heavy atom. The van der Waals surface area contributed by atoms with Crippen LogP contribution in [0, 0.1) is 12.2 Å². The van der Waals surface area contributed by atoms with Gasteiger partial charge >= 0.3 is 5.97 Å². The fourth-order valence-corrected chi connectivity index (χ4v) is 2.98. The summed E-state index contributed by atoms with van der Waals surface area (Å²) in [4.78, 5) is 18.9. The number of hydrogen-bond donors (Lipinski definition) is 2. The molecule has 1 aromatic rings. The molecule has 0 atom stereocenters. The Kier molecular flexibility index (Phi) is 1.97. The third-order valence-electron chi connectivity index (χ3n) is 3.66. The molecule has 0 spiro atoms. The van der Waals surface area contributed by atoms with Gasteiger partial charge < -0.3 is 10.4 Å². The molecule has 2 bridgehead atoms. The van der Waals surface area contributed by atoms with Crippen LogP contribution >= 0.6 is 0 Å². The molecule has 2 aliphatic heterocycles. The Bertz CT molecular complexity index is 435. The van der Waals surface area contributed by atoms with Crippen molar-refractivity contribution < 1.29 is 9.90 Å². The topological polar surface area (TPSA) is 75.1 Å². The summed E-state index contributed by atoms with van der Waals surface area (Å²) >= 11 is 0. The molecule has 2 N–H and O–H groups in total. The normalized spacial score (nSPS) is 31.9. The molecular weight excluding hydrogens is 206 g/mol. The first-order chi connectivity index (χ1) is 7.71. The Morgan fingerprint density at radius 3 is 3.06 bits per heavy atom. The summed E-state index contributed by atoms with van der Waals surface area (Å²) in [5, 5.41) is 12.4. The molecule has 3 heterocycles. The highest BCUT2D eigenvalue weighted by atomic mass is 16.4. The van der Waals surface area contributed by atoms with E-state index in [0.29, 0.717) is 11.6 Å². The second-order valence-corrected chi connectivity index (χ2v) is 4.72. The van der Waals surface area contributed by atoms with E-state index in [-0.39, 0.29) is 11.0 Å². The standard InChI is InChI=1S/C11H12N3O2/c15-10(16)8-4-13-6-14-9(8)11-1-7(2-11)3-12-5-11/h4,7,12H,1-3,5H2,(H,15,16). The van der Waals surface area contributed by atoms with Crippen molar-refractivity contribution in [3.8, 4) is 0 Å². The maximum absolute atomic E-state index is 11.1. The van der Waals surface area contributed by atoms with Crippen molar-refractivity contribution in [2.75, 3.05) is 13.1 Å². The zero-order chi connectivity index (χ0) is 11.2. The molecule has 83 valence electrons. The molecule has 1 radical (unpaired) electrons. The second kappa shape index (κ2) is 3.25. The van der Waals surface area contributed by atoms with Gasteiger partial charge in [0.15, 0.2) is 6.33 Å². The Morgan fingerprint density at radius 2 is 2.44 bits per heavy atom. The summed E-state index contributed by atoms with van der Waals surface area (Å²) in [7, 11) is 0. The van der Waals surface area contributed by atoms with Crippen molar-refractivity contribution in [2.24, 2.45) is 5.92 Å². The van der Waals surface area contributed by atoms with Gasteiger partial charge in [-0.15, -0.1) is 0 Å². The molecular formula is C11H12N3O2. The van der Waals surface area contributed by atoms with Gasteiger partial charge in [0.1, 0.15) is 0 Å². The van der Waals surface area contributed by atoms with Crippen LogP contribution in [-0.4, -0.2) is 34.1 Å². The van der Waals surface area contributed by atoms with Gasteiger partial charge in [-0.25, -0.2) is 14.8 Å². The largest absolute Gasteiger partial charge is 0.478 e. The van der Waals surface area contributed by atoms with Crippen LogP contribution in [0.4, 0.5) is 0 Å². The molecule has 1 saturated carbocycles. The Balaban J connectivity index is 2.03. The molecule has 2 saturated heterocycles. The van der Waals surface area contributed by atoms with Crippen molar-refractivity contribution in [2.45, 2.75) is 18.3 Å². The van der Waals surface area contributed by atoms with Gasteiger partial charge in [-0.1, -0.05) is 0 Å². The van der Waals surface area contributed by atoms with Crippen LogP contribution in [0.15, 0.2) is 6.20 Å². The maximum Gasteiger partial charge on any atom is 0.339 e. The van der Waals surface area contributed by atoms with Gasteiger partial charge in [-0.3, -0.25) is 0 Å². The lowest BCUT2D eigenvalue weighted by Gasteiger charge is -2.52. The number of piperidine rings is 2. The van der Waals surface area contributed by atoms with E-state index in [1.165, 1.54) is 6.20 Å². The minimum Gasteiger partial charge on any atom is -0.478 e. The average molecular weight is 218 g/mol. The third-order valence-corrected chi connectivity index (χ3v) is 3.66. The van der Waals surface area contributed by atoms with E-state index in [9.17, 15) is 4.79 Å². The summed E-state index contributed by atoms with van der Waals surface area (Å²) in [5.74, 6) is -0.280. The van der Waals surface area contributed by atoms with Crippen LogP contribution in [0.5, 0.6) is 0 Å². The highest BCUT2D eigenvalue weighted by Crippen LogP contribution is 2.49. The van der Waals surface area contributed by atoms with E-state index >= 15 is 0 Å². The van der Waals surface area contributed by atoms with Gasteiger partial charge in [0, 0.05) is 18.2 Å². The van der Waals surface area contributed by atoms with Gasteiger partial charge in [0.05, 0.1) is 11.3 Å². The number of aromatic carboxylic acids is 1. The van der Waals surface area contributed by atoms with Gasteiger partial charge in [0.2, 0.25) is 0 Å². The number of fused-ring (bicyclic) bond motifs is 2. The van der Waals surface area contributed by atoms with E-state index in [4.69, 9.17) is 5.11 Å². The molecule has 1 aromatic heterocycles. The second-order valence-electron chi connectivity index (χ2n) is 4.72. The number of hydrogen-bond acceptors (Lipinski definition) is 4. The number of carbonyl (C=O) groups is 1. The molecule has 5 heteroatoms. The predicted octanol–water partition coefficient (Wildman–Crippen LogP) is 0.226. The lowest BCUT2D eigenvalue weighted by molar-refractivity contribution is 0.0655. The van der Waals surface area contributed by atoms with Crippen LogP contribution in [0.3, 0.4) is 0 Å². The fourth-order valence-electron chi connectivity index (χ4n) is 2.98. The van der Waals surface area contributed by atoms with Crippen molar-refractivity contribution in [3.63, 3.8) is 0 Å². The molecule has 0 amide bonds. The lowest BCUT2D eigenvalue weighted by atomic mass is 9.57. The summed E-state index contributed by atoms with van der Waals surface area (Å²) < 4.78 is 0. The number of nitrogens with zero attached hydrogens (tertiary/aromatic N) is 2. The summed E-state index contributed by atoms with van der Waals surface area (Å²) in [6, 6.07) is 0. The quantitative estimate of drug-likeness (QED) is 0.743. The van der Waals surface area contributed by atoms with Gasteiger partial charge in [0.25, 0.3) is 0 Å². The molecule has 1 aliphatic carbocycles. The molecule has 0 unspecified atom stereocenters. The van der Waals surface area contributed by atoms with Gasteiger partial charge in [-0.05, 0) is 25.3 Å². The highest BCUT2D eigenvalue weighted by molar-refractivity contribution is 5.89. The van der Waals surface area contributed by atoms with E-state index in [1.807, 2.05) is 0 Å². The lowest BCUT2D eigenvalue weighted by Crippen LogP contribution is -2.58. The Hall–Kier alpha value is -1.49. The SMILES string of the molecule is O=C(O)c1cn[c]nc1C12CNCC(C1)C2. The van der Waals surface area contributed by atoms with Gasteiger partial charge in [-0.2, -0.15) is 0 Å². The van der Waals surface area contributed by atoms with Crippen LogP contribution in [-0.2, 0) is 5.41 Å². The first-order valence-electron chi connectivity index (χ1n) is 5.39. The van der Waals surface area contributed by atoms with Crippen LogP contribution in [0.1, 0.15) is 28.9 Å². The van der Waals surface area contributed by atoms with E-state index < -0.39 is 5.97 Å². The van der Waals surface area contributed by atoms with Crippen molar-refractivity contribution in [3.05, 3.63) is 23.8 Å². The minimum absolute atomic E-state index is 0.0872. The minimum atomic E-state index is -0.951. The number of nitrogens with one attached hydrogen (secondary N) is 1. The predicted molar refractivity (Wildman–Crippen MR) is 55.1 cm³/mol. The number of carboxylic acids is 1. The molecule has 4 rings (SSSR count). The molecule has 0 aromatic carbocycles. The molecule has 3 aliphatic rings. The van der Waals surface area contributed by atoms with Crippen LogP contribution in [0.2, 0.25) is 0 Å². The van der Waals surface area contributed by atoms with Crippen LogP contribution in [0.25, 0.3) is 0 Å². The summed E-state index contributed by atoms with van der Waals surface area (Å²) in [6.07, 6.45) is 5.93. The number of rotatable bonds is 2. The first-order valence-corrected chi connectivity index (χ1v) is 5.39. The molecule has 16 heavy (non-hydrogen) atoms. The van der Waals surface area contributed by atoms with Crippen molar-refractivity contribution in [1.29, 1.82) is 0 Å². The Labute approximate surface area is 92.9 Å². The smallest absolute Gasteiger partial charge is 0.339 e. The van der Waals surface area contributed by atoms with Crippen molar-refractivity contribution >= 4 is 5.97 Å². The van der Waals surface area contributed by atoms with Crippen molar-refractivity contribution in [1.82, 2.24) is 15.3 Å². The van der Waals surface area contributed by atoms with E-state index in [1.54, 1.807) is 0 Å². The zero-order valence-corrected chi connectivity index (χ0v) is 8.73. The maximum atomic E-state index is 11.1. The summed E-state index contributed by atoms with van der Waals surface area (Å²) in [5.41, 5.74) is 0.787. The number of aromatic nitrogens is 2. The van der Waals surface area contributed by atoms with E-state index in [2.05, 4.69) is 21.6 Å². The molecule has 3 fully saturated rings. The van der Waals surface area contributed by atoms with Crippen LogP contribution < -0.4 is 5.32 Å². The van der Waals surface area contributed by atoms with E-state index in [0.717, 1.165) is 25.9 Å². The third kappa shape index (κ3) is 1.24. The zero-order valence-electron chi connectivity index (χ0n) is 8.73. The fraction of sp³-hybridized carbons (Fsp3) is 0.545. The monoisotopic (exact) mass is 218 g/mol. The first kappa shape index (κ1) is 9.72.